The lowest BCUT2D eigenvalue weighted by Gasteiger charge is -2.15. The number of hydrogen-bond acceptors (Lipinski definition) is 2. The summed E-state index contributed by atoms with van der Waals surface area (Å²) in [6.07, 6.45) is 1.21. The zero-order valence-electron chi connectivity index (χ0n) is 8.91. The van der Waals surface area contributed by atoms with Crippen molar-refractivity contribution in [1.82, 2.24) is 4.90 Å². The molecular formula is C12H16FNO. The Morgan fingerprint density at radius 1 is 1.47 bits per heavy atom. The number of benzene rings is 1. The van der Waals surface area contributed by atoms with Crippen LogP contribution >= 0.6 is 0 Å². The molecule has 0 bridgehead atoms. The minimum absolute atomic E-state index is 0.0113. The average Bonchev–Trinajstić information content (AvgIpc) is 2.49. The number of likely N-dealkylation sites (tertiary alicyclic amines) is 1. The summed E-state index contributed by atoms with van der Waals surface area (Å²) < 4.78 is 13.0. The maximum Gasteiger partial charge on any atom is 0.127 e. The lowest BCUT2D eigenvalue weighted by atomic mass is 10.2. The summed E-state index contributed by atoms with van der Waals surface area (Å²) in [6, 6.07) is 4.25. The van der Waals surface area contributed by atoms with Crippen molar-refractivity contribution in [1.29, 1.82) is 0 Å². The molecule has 1 aliphatic rings. The van der Waals surface area contributed by atoms with Crippen LogP contribution in [-0.2, 0) is 6.54 Å². The smallest absolute Gasteiger partial charge is 0.127 e. The molecule has 82 valence electrons. The first-order valence-electron chi connectivity index (χ1n) is 5.34. The predicted molar refractivity (Wildman–Crippen MR) is 57.1 cm³/mol. The number of rotatable bonds is 2. The van der Waals surface area contributed by atoms with Crippen LogP contribution in [0.1, 0.15) is 18.9 Å². The third-order valence-electron chi connectivity index (χ3n) is 2.86. The molecule has 15 heavy (non-hydrogen) atoms. The first-order chi connectivity index (χ1) is 7.13. The van der Waals surface area contributed by atoms with Crippen molar-refractivity contribution < 1.29 is 9.50 Å². The quantitative estimate of drug-likeness (QED) is 0.808. The van der Waals surface area contributed by atoms with Crippen LogP contribution in [0.25, 0.3) is 0 Å². The van der Waals surface area contributed by atoms with Crippen LogP contribution < -0.4 is 0 Å². The van der Waals surface area contributed by atoms with E-state index in [-0.39, 0.29) is 11.6 Å². The predicted octanol–water partition coefficient (Wildman–Crippen LogP) is 2.37. The van der Waals surface area contributed by atoms with E-state index >= 15 is 0 Å². The maximum absolute atomic E-state index is 13.0. The average molecular weight is 209 g/mol. The van der Waals surface area contributed by atoms with Crippen LogP contribution in [-0.4, -0.2) is 23.1 Å². The highest BCUT2D eigenvalue weighted by molar-refractivity contribution is 5.28. The Bertz CT molecular complexity index is 333. The van der Waals surface area contributed by atoms with Crippen LogP contribution in [0.4, 0.5) is 4.39 Å². The van der Waals surface area contributed by atoms with E-state index in [9.17, 15) is 9.50 Å². The van der Waals surface area contributed by atoms with E-state index in [1.54, 1.807) is 6.07 Å². The molecule has 0 amide bonds. The lowest BCUT2D eigenvalue weighted by molar-refractivity contribution is 0.319. The third-order valence-corrected chi connectivity index (χ3v) is 2.86. The number of hydrogen-bond donors (Lipinski definition) is 1. The zero-order valence-corrected chi connectivity index (χ0v) is 8.91. The Labute approximate surface area is 89.3 Å². The van der Waals surface area contributed by atoms with Crippen molar-refractivity contribution in [3.8, 4) is 5.75 Å². The molecule has 0 radical (unpaired) electrons. The first-order valence-corrected chi connectivity index (χ1v) is 5.34. The molecule has 2 nitrogen and oxygen atoms in total. The highest BCUT2D eigenvalue weighted by Crippen LogP contribution is 2.20. The summed E-state index contributed by atoms with van der Waals surface area (Å²) in [6.45, 7) is 5.09. The van der Waals surface area contributed by atoms with Crippen molar-refractivity contribution in [2.75, 3.05) is 13.1 Å². The van der Waals surface area contributed by atoms with Crippen molar-refractivity contribution in [2.45, 2.75) is 19.9 Å². The highest BCUT2D eigenvalue weighted by atomic mass is 19.1. The maximum atomic E-state index is 13.0. The standard InChI is InChI=1S/C12H16FNO/c1-9-2-3-14(7-9)8-10-4-11(13)6-12(15)5-10/h4-6,9,15H,2-3,7-8H2,1H3. The molecule has 1 aromatic carbocycles. The van der Waals surface area contributed by atoms with Crippen molar-refractivity contribution in [3.63, 3.8) is 0 Å². The Morgan fingerprint density at radius 2 is 2.27 bits per heavy atom. The van der Waals surface area contributed by atoms with E-state index in [2.05, 4.69) is 11.8 Å². The van der Waals surface area contributed by atoms with E-state index < -0.39 is 0 Å². The third kappa shape index (κ3) is 2.69. The number of phenols is 1. The number of phenolic OH excluding ortho intramolecular Hbond substituents is 1. The van der Waals surface area contributed by atoms with Gasteiger partial charge in [-0.2, -0.15) is 0 Å². The van der Waals surface area contributed by atoms with Gasteiger partial charge in [0.1, 0.15) is 11.6 Å². The summed E-state index contributed by atoms with van der Waals surface area (Å²) in [5.74, 6) is 0.377. The van der Waals surface area contributed by atoms with Crippen LogP contribution in [0.5, 0.6) is 5.75 Å². The molecule has 3 heteroatoms. The number of aromatic hydroxyl groups is 1. The second-order valence-electron chi connectivity index (χ2n) is 4.45. The highest BCUT2D eigenvalue weighted by Gasteiger charge is 2.18. The Morgan fingerprint density at radius 3 is 2.87 bits per heavy atom. The molecule has 1 heterocycles. The van der Waals surface area contributed by atoms with Gasteiger partial charge in [-0.15, -0.1) is 0 Å². The first kappa shape index (κ1) is 10.4. The minimum Gasteiger partial charge on any atom is -0.508 e. The molecule has 0 spiro atoms. The van der Waals surface area contributed by atoms with Gasteiger partial charge in [-0.05, 0) is 36.6 Å². The summed E-state index contributed by atoms with van der Waals surface area (Å²) in [5, 5.41) is 9.26. The molecule has 2 rings (SSSR count). The fraction of sp³-hybridized carbons (Fsp3) is 0.500. The minimum atomic E-state index is -0.364. The summed E-state index contributed by atoms with van der Waals surface area (Å²) >= 11 is 0. The number of halogens is 1. The fourth-order valence-electron chi connectivity index (χ4n) is 2.15. The van der Waals surface area contributed by atoms with E-state index in [0.717, 1.165) is 37.2 Å². The molecule has 1 fully saturated rings. The molecular weight excluding hydrogens is 193 g/mol. The van der Waals surface area contributed by atoms with Gasteiger partial charge < -0.3 is 5.11 Å². The molecule has 1 unspecified atom stereocenters. The lowest BCUT2D eigenvalue weighted by Crippen LogP contribution is -2.19. The van der Waals surface area contributed by atoms with Crippen LogP contribution in [0.15, 0.2) is 18.2 Å². The van der Waals surface area contributed by atoms with Crippen molar-refractivity contribution in [2.24, 2.45) is 5.92 Å². The SMILES string of the molecule is CC1CCN(Cc2cc(O)cc(F)c2)C1. The van der Waals surface area contributed by atoms with Crippen molar-refractivity contribution in [3.05, 3.63) is 29.6 Å². The van der Waals surface area contributed by atoms with E-state index in [4.69, 9.17) is 0 Å². The summed E-state index contributed by atoms with van der Waals surface area (Å²) in [7, 11) is 0. The Hall–Kier alpha value is -1.09. The van der Waals surface area contributed by atoms with Crippen LogP contribution in [0.3, 0.4) is 0 Å². The largest absolute Gasteiger partial charge is 0.508 e. The van der Waals surface area contributed by atoms with E-state index in [1.165, 1.54) is 12.5 Å². The molecule has 0 aliphatic carbocycles. The molecule has 0 aromatic heterocycles. The van der Waals surface area contributed by atoms with Gasteiger partial charge >= 0.3 is 0 Å². The van der Waals surface area contributed by atoms with Gasteiger partial charge in [0.05, 0.1) is 0 Å². The molecule has 1 N–H and O–H groups in total. The Balaban J connectivity index is 2.04. The van der Waals surface area contributed by atoms with Gasteiger partial charge in [-0.25, -0.2) is 4.39 Å². The van der Waals surface area contributed by atoms with Gasteiger partial charge in [-0.1, -0.05) is 6.92 Å². The topological polar surface area (TPSA) is 23.5 Å². The second-order valence-corrected chi connectivity index (χ2v) is 4.45. The molecule has 0 saturated carbocycles. The van der Waals surface area contributed by atoms with E-state index in [0.29, 0.717) is 0 Å². The van der Waals surface area contributed by atoms with E-state index in [1.807, 2.05) is 0 Å². The monoisotopic (exact) mass is 209 g/mol. The molecule has 1 atom stereocenters. The summed E-state index contributed by atoms with van der Waals surface area (Å²) in [5.41, 5.74) is 0.849. The van der Waals surface area contributed by atoms with Gasteiger partial charge in [0.2, 0.25) is 0 Å². The van der Waals surface area contributed by atoms with Gasteiger partial charge in [0, 0.05) is 19.2 Å². The number of nitrogens with zero attached hydrogens (tertiary/aromatic N) is 1. The van der Waals surface area contributed by atoms with Crippen molar-refractivity contribution >= 4 is 0 Å². The van der Waals surface area contributed by atoms with Crippen LogP contribution in [0.2, 0.25) is 0 Å². The normalized spacial score (nSPS) is 22.1. The fourth-order valence-corrected chi connectivity index (χ4v) is 2.15. The Kier molecular flexibility index (Phi) is 2.91. The van der Waals surface area contributed by atoms with Gasteiger partial charge in [-0.3, -0.25) is 4.90 Å². The molecule has 1 saturated heterocycles. The second kappa shape index (κ2) is 4.19. The van der Waals surface area contributed by atoms with Crippen LogP contribution in [0, 0.1) is 11.7 Å². The summed E-state index contributed by atoms with van der Waals surface area (Å²) in [4.78, 5) is 2.29. The van der Waals surface area contributed by atoms with Gasteiger partial charge in [0.15, 0.2) is 0 Å². The molecule has 1 aliphatic heterocycles. The van der Waals surface area contributed by atoms with Gasteiger partial charge in [0.25, 0.3) is 0 Å². The zero-order chi connectivity index (χ0) is 10.8. The molecule has 1 aromatic rings.